The lowest BCUT2D eigenvalue weighted by molar-refractivity contribution is -0.156. The quantitative estimate of drug-likeness (QED) is 0.817. The van der Waals surface area contributed by atoms with Crippen LogP contribution < -0.4 is 4.74 Å². The molecular formula is C14H18O3. The van der Waals surface area contributed by atoms with Gasteiger partial charge in [-0.2, -0.15) is 0 Å². The molecule has 0 spiro atoms. The van der Waals surface area contributed by atoms with E-state index in [1.54, 1.807) is 0 Å². The van der Waals surface area contributed by atoms with Crippen molar-refractivity contribution < 1.29 is 14.6 Å². The third kappa shape index (κ3) is 2.78. The number of carboxylic acids is 1. The van der Waals surface area contributed by atoms with Gasteiger partial charge in [0.05, 0.1) is 0 Å². The summed E-state index contributed by atoms with van der Waals surface area (Å²) in [5, 5.41) is 9.45. The Balaban J connectivity index is 2.19. The molecule has 0 aromatic heterocycles. The van der Waals surface area contributed by atoms with Gasteiger partial charge in [-0.1, -0.05) is 31.0 Å². The number of carbonyl (C=O) groups is 1. The van der Waals surface area contributed by atoms with E-state index in [0.29, 0.717) is 18.6 Å². The van der Waals surface area contributed by atoms with Crippen LogP contribution in [0.3, 0.4) is 0 Å². The minimum Gasteiger partial charge on any atom is -0.478 e. The smallest absolute Gasteiger partial charge is 0.348 e. The molecule has 92 valence electrons. The van der Waals surface area contributed by atoms with Crippen molar-refractivity contribution in [3.8, 4) is 5.75 Å². The van der Waals surface area contributed by atoms with Crippen LogP contribution in [0.1, 0.15) is 38.5 Å². The molecule has 1 aliphatic rings. The van der Waals surface area contributed by atoms with E-state index in [9.17, 15) is 9.90 Å². The minimum absolute atomic E-state index is 0.608. The van der Waals surface area contributed by atoms with Crippen LogP contribution in [-0.2, 0) is 4.79 Å². The van der Waals surface area contributed by atoms with E-state index in [4.69, 9.17) is 4.74 Å². The first kappa shape index (κ1) is 12.0. The molecule has 1 aromatic rings. The van der Waals surface area contributed by atoms with Crippen molar-refractivity contribution in [1.82, 2.24) is 0 Å². The third-order valence-corrected chi connectivity index (χ3v) is 3.36. The molecule has 3 nitrogen and oxygen atoms in total. The monoisotopic (exact) mass is 234 g/mol. The van der Waals surface area contributed by atoms with E-state index in [1.165, 1.54) is 0 Å². The van der Waals surface area contributed by atoms with Gasteiger partial charge in [0.15, 0.2) is 0 Å². The number of hydrogen-bond donors (Lipinski definition) is 1. The average Bonchev–Trinajstić information content (AvgIpc) is 2.57. The summed E-state index contributed by atoms with van der Waals surface area (Å²) in [7, 11) is 0. The standard InChI is InChI=1S/C14H18O3/c15-13(16)14(10-6-1-2-7-11-14)17-12-8-4-3-5-9-12/h3-5,8-9H,1-2,6-7,10-11H2,(H,15,16). The Kier molecular flexibility index (Phi) is 3.67. The molecule has 1 aliphatic carbocycles. The number of carboxylic acid groups (broad SMARTS) is 1. The normalized spacial score (nSPS) is 19.3. The van der Waals surface area contributed by atoms with Crippen molar-refractivity contribution in [2.45, 2.75) is 44.1 Å². The van der Waals surface area contributed by atoms with Crippen LogP contribution in [0.4, 0.5) is 0 Å². The van der Waals surface area contributed by atoms with Crippen LogP contribution >= 0.6 is 0 Å². The van der Waals surface area contributed by atoms with Gasteiger partial charge in [-0.05, 0) is 37.8 Å². The summed E-state index contributed by atoms with van der Waals surface area (Å²) in [4.78, 5) is 11.5. The molecule has 3 heteroatoms. The summed E-state index contributed by atoms with van der Waals surface area (Å²) in [6.07, 6.45) is 5.28. The highest BCUT2D eigenvalue weighted by atomic mass is 16.5. The maximum absolute atomic E-state index is 11.5. The fourth-order valence-electron chi connectivity index (χ4n) is 2.37. The predicted molar refractivity (Wildman–Crippen MR) is 65.1 cm³/mol. The van der Waals surface area contributed by atoms with Crippen molar-refractivity contribution in [1.29, 1.82) is 0 Å². The summed E-state index contributed by atoms with van der Waals surface area (Å²) < 4.78 is 5.78. The van der Waals surface area contributed by atoms with Crippen molar-refractivity contribution >= 4 is 5.97 Å². The fraction of sp³-hybridized carbons (Fsp3) is 0.500. The van der Waals surface area contributed by atoms with Crippen LogP contribution in [0.15, 0.2) is 30.3 Å². The van der Waals surface area contributed by atoms with E-state index in [2.05, 4.69) is 0 Å². The lowest BCUT2D eigenvalue weighted by Crippen LogP contribution is -2.44. The molecule has 0 saturated heterocycles. The Morgan fingerprint density at radius 2 is 1.65 bits per heavy atom. The maximum Gasteiger partial charge on any atom is 0.348 e. The molecule has 2 rings (SSSR count). The van der Waals surface area contributed by atoms with Gasteiger partial charge in [0.25, 0.3) is 0 Å². The average molecular weight is 234 g/mol. The third-order valence-electron chi connectivity index (χ3n) is 3.36. The molecule has 0 heterocycles. The summed E-state index contributed by atoms with van der Waals surface area (Å²) >= 11 is 0. The first-order chi connectivity index (χ1) is 8.23. The first-order valence-corrected chi connectivity index (χ1v) is 6.20. The van der Waals surface area contributed by atoms with Crippen LogP contribution in [0.25, 0.3) is 0 Å². The molecule has 0 unspecified atom stereocenters. The largest absolute Gasteiger partial charge is 0.478 e. The number of aliphatic carboxylic acids is 1. The van der Waals surface area contributed by atoms with E-state index in [0.717, 1.165) is 25.7 Å². The number of benzene rings is 1. The van der Waals surface area contributed by atoms with Gasteiger partial charge < -0.3 is 9.84 Å². The van der Waals surface area contributed by atoms with Gasteiger partial charge >= 0.3 is 5.97 Å². The lowest BCUT2D eigenvalue weighted by Gasteiger charge is -2.29. The second-order valence-electron chi connectivity index (χ2n) is 4.63. The van der Waals surface area contributed by atoms with Gasteiger partial charge in [0, 0.05) is 0 Å². The van der Waals surface area contributed by atoms with Gasteiger partial charge in [-0.25, -0.2) is 4.79 Å². The topological polar surface area (TPSA) is 46.5 Å². The molecule has 1 saturated carbocycles. The molecule has 0 amide bonds. The molecule has 1 aromatic carbocycles. The molecule has 0 bridgehead atoms. The van der Waals surface area contributed by atoms with Gasteiger partial charge in [-0.3, -0.25) is 0 Å². The van der Waals surface area contributed by atoms with Gasteiger partial charge in [0.1, 0.15) is 5.75 Å². The van der Waals surface area contributed by atoms with Crippen LogP contribution in [0.2, 0.25) is 0 Å². The Morgan fingerprint density at radius 3 is 2.18 bits per heavy atom. The number of rotatable bonds is 3. The highest BCUT2D eigenvalue weighted by molar-refractivity contribution is 5.78. The zero-order valence-electron chi connectivity index (χ0n) is 9.89. The summed E-state index contributed by atoms with van der Waals surface area (Å²) in [5.41, 5.74) is -1.02. The summed E-state index contributed by atoms with van der Waals surface area (Å²) in [6, 6.07) is 9.25. The summed E-state index contributed by atoms with van der Waals surface area (Å²) in [6.45, 7) is 0. The predicted octanol–water partition coefficient (Wildman–Crippen LogP) is 3.24. The molecule has 1 fully saturated rings. The second-order valence-corrected chi connectivity index (χ2v) is 4.63. The molecule has 0 aliphatic heterocycles. The zero-order valence-corrected chi connectivity index (χ0v) is 9.89. The van der Waals surface area contributed by atoms with E-state index >= 15 is 0 Å². The highest BCUT2D eigenvalue weighted by Gasteiger charge is 2.41. The Bertz CT molecular complexity index is 364. The van der Waals surface area contributed by atoms with Crippen LogP contribution in [0.5, 0.6) is 5.75 Å². The van der Waals surface area contributed by atoms with Gasteiger partial charge in [-0.15, -0.1) is 0 Å². The van der Waals surface area contributed by atoms with Gasteiger partial charge in [0.2, 0.25) is 5.60 Å². The Hall–Kier alpha value is -1.51. The molecule has 17 heavy (non-hydrogen) atoms. The molecule has 0 atom stereocenters. The van der Waals surface area contributed by atoms with E-state index < -0.39 is 11.6 Å². The summed E-state index contributed by atoms with van der Waals surface area (Å²) in [5.74, 6) is -0.181. The lowest BCUT2D eigenvalue weighted by atomic mass is 9.94. The maximum atomic E-state index is 11.5. The fourth-order valence-corrected chi connectivity index (χ4v) is 2.37. The highest BCUT2D eigenvalue weighted by Crippen LogP contribution is 2.32. The van der Waals surface area contributed by atoms with Crippen molar-refractivity contribution in [3.05, 3.63) is 30.3 Å². The zero-order chi connectivity index (χ0) is 12.1. The Morgan fingerprint density at radius 1 is 1.06 bits per heavy atom. The van der Waals surface area contributed by atoms with Crippen LogP contribution in [0, 0.1) is 0 Å². The number of hydrogen-bond acceptors (Lipinski definition) is 2. The molecule has 0 radical (unpaired) electrons. The first-order valence-electron chi connectivity index (χ1n) is 6.20. The van der Waals surface area contributed by atoms with E-state index in [1.807, 2.05) is 30.3 Å². The van der Waals surface area contributed by atoms with Crippen molar-refractivity contribution in [2.24, 2.45) is 0 Å². The SMILES string of the molecule is O=C(O)C1(Oc2ccccc2)CCCCCC1. The Labute approximate surface area is 101 Å². The van der Waals surface area contributed by atoms with E-state index in [-0.39, 0.29) is 0 Å². The van der Waals surface area contributed by atoms with Crippen LogP contribution in [-0.4, -0.2) is 16.7 Å². The molecule has 1 N–H and O–H groups in total. The second kappa shape index (κ2) is 5.21. The molecular weight excluding hydrogens is 216 g/mol. The van der Waals surface area contributed by atoms with Crippen molar-refractivity contribution in [3.63, 3.8) is 0 Å². The number of para-hydroxylation sites is 1. The van der Waals surface area contributed by atoms with Crippen molar-refractivity contribution in [2.75, 3.05) is 0 Å². The minimum atomic E-state index is -1.02. The number of ether oxygens (including phenoxy) is 1.